The zero-order valence-corrected chi connectivity index (χ0v) is 14.4. The smallest absolute Gasteiger partial charge is 0.322 e. The maximum Gasteiger partial charge on any atom is 0.322 e. The van der Waals surface area contributed by atoms with E-state index in [2.05, 4.69) is 10.6 Å². The van der Waals surface area contributed by atoms with Gasteiger partial charge >= 0.3 is 5.97 Å². The summed E-state index contributed by atoms with van der Waals surface area (Å²) in [5.74, 6) is -1.52. The van der Waals surface area contributed by atoms with Crippen LogP contribution in [0.25, 0.3) is 0 Å². The minimum absolute atomic E-state index is 0.0755. The molecule has 0 aliphatic rings. The van der Waals surface area contributed by atoms with Crippen LogP contribution in [-0.2, 0) is 9.59 Å². The summed E-state index contributed by atoms with van der Waals surface area (Å²) in [5.41, 5.74) is -0.399. The number of anilines is 1. The molecule has 132 valence electrons. The number of ether oxygens (including phenoxy) is 2. The highest BCUT2D eigenvalue weighted by Crippen LogP contribution is 2.34. The Kier molecular flexibility index (Phi) is 6.16. The molecule has 0 bridgehead atoms. The van der Waals surface area contributed by atoms with E-state index in [1.54, 1.807) is 20.8 Å². The van der Waals surface area contributed by atoms with Crippen LogP contribution in [0.15, 0.2) is 12.1 Å². The topological polar surface area (TPSA) is 114 Å². The largest absolute Gasteiger partial charge is 0.493 e. The van der Waals surface area contributed by atoms with Crippen LogP contribution in [0.4, 0.5) is 5.69 Å². The van der Waals surface area contributed by atoms with Gasteiger partial charge in [0.2, 0.25) is 5.91 Å². The van der Waals surface area contributed by atoms with Crippen molar-refractivity contribution >= 4 is 23.5 Å². The second-order valence-corrected chi connectivity index (χ2v) is 6.03. The molecule has 0 aliphatic carbocycles. The summed E-state index contributed by atoms with van der Waals surface area (Å²) < 4.78 is 10.3. The quantitative estimate of drug-likeness (QED) is 0.724. The maximum atomic E-state index is 12.2. The molecule has 0 atom stereocenters. The van der Waals surface area contributed by atoms with Crippen molar-refractivity contribution in [2.45, 2.75) is 20.8 Å². The predicted molar refractivity (Wildman–Crippen MR) is 87.6 cm³/mol. The van der Waals surface area contributed by atoms with Gasteiger partial charge in [-0.2, -0.15) is 0 Å². The highest BCUT2D eigenvalue weighted by molar-refractivity contribution is 6.06. The second-order valence-electron chi connectivity index (χ2n) is 6.03. The van der Waals surface area contributed by atoms with E-state index in [4.69, 9.17) is 14.6 Å². The number of carbonyl (C=O) groups is 3. The zero-order chi connectivity index (χ0) is 18.5. The number of methoxy groups -OCH3 is 2. The van der Waals surface area contributed by atoms with Crippen LogP contribution in [0.1, 0.15) is 31.1 Å². The molecule has 0 fully saturated rings. The standard InChI is InChI=1S/C16H22N2O6/c1-16(2,3)15(22)18-10-7-12(24-5)11(23-4)6-9(10)14(21)17-8-13(19)20/h6-7H,8H2,1-5H3,(H,17,21)(H,18,22)(H,19,20). The molecule has 0 saturated heterocycles. The molecule has 1 rings (SSSR count). The average Bonchev–Trinajstić information content (AvgIpc) is 2.50. The summed E-state index contributed by atoms with van der Waals surface area (Å²) >= 11 is 0. The molecule has 0 radical (unpaired) electrons. The van der Waals surface area contributed by atoms with Gasteiger partial charge in [0.05, 0.1) is 25.5 Å². The lowest BCUT2D eigenvalue weighted by molar-refractivity contribution is -0.135. The number of carbonyl (C=O) groups excluding carboxylic acids is 2. The molecule has 0 spiro atoms. The number of hydrogen-bond acceptors (Lipinski definition) is 5. The number of aliphatic carboxylic acids is 1. The molecule has 0 aromatic heterocycles. The van der Waals surface area contributed by atoms with Gasteiger partial charge in [-0.05, 0) is 6.07 Å². The van der Waals surface area contributed by atoms with Crippen molar-refractivity contribution in [1.82, 2.24) is 5.32 Å². The lowest BCUT2D eigenvalue weighted by Gasteiger charge is -2.20. The Labute approximate surface area is 140 Å². The Morgan fingerprint density at radius 2 is 1.62 bits per heavy atom. The van der Waals surface area contributed by atoms with Crippen molar-refractivity contribution in [2.24, 2.45) is 5.41 Å². The van der Waals surface area contributed by atoms with E-state index in [0.29, 0.717) is 5.75 Å². The Bertz CT molecular complexity index is 649. The number of rotatable bonds is 6. The van der Waals surface area contributed by atoms with Crippen LogP contribution in [0, 0.1) is 5.41 Å². The molecule has 3 N–H and O–H groups in total. The normalized spacial score (nSPS) is 10.7. The third-order valence-electron chi connectivity index (χ3n) is 3.10. The summed E-state index contributed by atoms with van der Waals surface area (Å²) in [6.07, 6.45) is 0. The van der Waals surface area contributed by atoms with Crippen LogP contribution >= 0.6 is 0 Å². The fourth-order valence-corrected chi connectivity index (χ4v) is 1.73. The van der Waals surface area contributed by atoms with Crippen molar-refractivity contribution in [3.63, 3.8) is 0 Å². The van der Waals surface area contributed by atoms with E-state index in [0.717, 1.165) is 0 Å². The number of nitrogens with one attached hydrogen (secondary N) is 2. The maximum absolute atomic E-state index is 12.2. The summed E-state index contributed by atoms with van der Waals surface area (Å²) in [4.78, 5) is 35.1. The number of amides is 2. The Morgan fingerprint density at radius 1 is 1.08 bits per heavy atom. The first kappa shape index (κ1) is 19.3. The Balaban J connectivity index is 3.29. The predicted octanol–water partition coefficient (Wildman–Crippen LogP) is 1.50. The van der Waals surface area contributed by atoms with Crippen molar-refractivity contribution < 1.29 is 29.0 Å². The van der Waals surface area contributed by atoms with Gasteiger partial charge in [0.15, 0.2) is 11.5 Å². The number of hydrogen-bond donors (Lipinski definition) is 3. The summed E-state index contributed by atoms with van der Waals surface area (Å²) in [6.45, 7) is 4.65. The monoisotopic (exact) mass is 338 g/mol. The van der Waals surface area contributed by atoms with Crippen LogP contribution in [0.3, 0.4) is 0 Å². The van der Waals surface area contributed by atoms with E-state index in [-0.39, 0.29) is 22.9 Å². The van der Waals surface area contributed by atoms with Gasteiger partial charge in [0, 0.05) is 11.5 Å². The number of carboxylic acid groups (broad SMARTS) is 1. The van der Waals surface area contributed by atoms with Gasteiger partial charge in [-0.1, -0.05) is 20.8 Å². The Morgan fingerprint density at radius 3 is 2.08 bits per heavy atom. The Hall–Kier alpha value is -2.77. The van der Waals surface area contributed by atoms with Crippen molar-refractivity contribution in [2.75, 3.05) is 26.1 Å². The molecule has 0 saturated carbocycles. The van der Waals surface area contributed by atoms with E-state index >= 15 is 0 Å². The van der Waals surface area contributed by atoms with Crippen molar-refractivity contribution in [1.29, 1.82) is 0 Å². The molecule has 8 nitrogen and oxygen atoms in total. The van der Waals surface area contributed by atoms with Crippen molar-refractivity contribution in [3.05, 3.63) is 17.7 Å². The average molecular weight is 338 g/mol. The highest BCUT2D eigenvalue weighted by Gasteiger charge is 2.25. The van der Waals surface area contributed by atoms with Gasteiger partial charge in [-0.25, -0.2) is 0 Å². The molecule has 2 amide bonds. The first-order valence-electron chi connectivity index (χ1n) is 7.17. The van der Waals surface area contributed by atoms with E-state index in [1.807, 2.05) is 0 Å². The van der Waals surface area contributed by atoms with Gasteiger partial charge in [-0.3, -0.25) is 14.4 Å². The highest BCUT2D eigenvalue weighted by atomic mass is 16.5. The number of benzene rings is 1. The van der Waals surface area contributed by atoms with Crippen LogP contribution < -0.4 is 20.1 Å². The van der Waals surface area contributed by atoms with Crippen LogP contribution in [0.5, 0.6) is 11.5 Å². The molecular formula is C16H22N2O6. The second kappa shape index (κ2) is 7.67. The molecule has 1 aromatic rings. The minimum atomic E-state index is -1.18. The first-order chi connectivity index (χ1) is 11.1. The first-order valence-corrected chi connectivity index (χ1v) is 7.17. The third-order valence-corrected chi connectivity index (χ3v) is 3.10. The van der Waals surface area contributed by atoms with Crippen LogP contribution in [0.2, 0.25) is 0 Å². The summed E-state index contributed by atoms with van der Waals surface area (Å²) in [7, 11) is 2.83. The zero-order valence-electron chi connectivity index (χ0n) is 14.4. The molecule has 8 heteroatoms. The summed E-state index contributed by atoms with van der Waals surface area (Å²) in [6, 6.07) is 2.84. The van der Waals surface area contributed by atoms with Crippen LogP contribution in [-0.4, -0.2) is 43.7 Å². The SMILES string of the molecule is COc1cc(NC(=O)C(C)(C)C)c(C(=O)NCC(=O)O)cc1OC. The van der Waals surface area contributed by atoms with E-state index in [9.17, 15) is 14.4 Å². The van der Waals surface area contributed by atoms with Crippen molar-refractivity contribution in [3.8, 4) is 11.5 Å². The number of carboxylic acids is 1. The summed E-state index contributed by atoms with van der Waals surface area (Å²) in [5, 5.41) is 13.6. The molecular weight excluding hydrogens is 316 g/mol. The third kappa shape index (κ3) is 4.87. The molecule has 1 aromatic carbocycles. The molecule has 0 unspecified atom stereocenters. The lowest BCUT2D eigenvalue weighted by Crippen LogP contribution is -2.32. The van der Waals surface area contributed by atoms with Gasteiger partial charge < -0.3 is 25.2 Å². The fourth-order valence-electron chi connectivity index (χ4n) is 1.73. The van der Waals surface area contributed by atoms with Gasteiger partial charge in [0.1, 0.15) is 6.54 Å². The van der Waals surface area contributed by atoms with E-state index < -0.39 is 23.8 Å². The van der Waals surface area contributed by atoms with Gasteiger partial charge in [-0.15, -0.1) is 0 Å². The molecule has 24 heavy (non-hydrogen) atoms. The van der Waals surface area contributed by atoms with E-state index in [1.165, 1.54) is 26.4 Å². The lowest BCUT2D eigenvalue weighted by atomic mass is 9.95. The minimum Gasteiger partial charge on any atom is -0.493 e. The molecule has 0 heterocycles. The van der Waals surface area contributed by atoms with Gasteiger partial charge in [0.25, 0.3) is 5.91 Å². The fraction of sp³-hybridized carbons (Fsp3) is 0.438. The molecule has 0 aliphatic heterocycles.